The van der Waals surface area contributed by atoms with Crippen LogP contribution in [0.15, 0.2) is 24.3 Å². The first kappa shape index (κ1) is 13.2. The number of nitrogens with one attached hydrogen (secondary N) is 1. The molecule has 1 aromatic rings. The standard InChI is InChI=1S/C12H16N2O3/c1-9(15)14(8-7-13-2)11-5-3-10(4-6-11)12(16)17/h3-6,13H,7-8H2,1-2H3,(H,16,17). The van der Waals surface area contributed by atoms with Crippen LogP contribution < -0.4 is 10.2 Å². The van der Waals surface area contributed by atoms with Gasteiger partial charge in [-0.15, -0.1) is 0 Å². The minimum Gasteiger partial charge on any atom is -0.478 e. The van der Waals surface area contributed by atoms with Crippen LogP contribution in [0.25, 0.3) is 0 Å². The molecule has 0 aromatic heterocycles. The lowest BCUT2D eigenvalue weighted by Crippen LogP contribution is -2.34. The first-order chi connectivity index (χ1) is 8.06. The van der Waals surface area contributed by atoms with Crippen LogP contribution in [0.4, 0.5) is 5.69 Å². The molecule has 0 saturated carbocycles. The van der Waals surface area contributed by atoms with Crippen LogP contribution in [0.1, 0.15) is 17.3 Å². The summed E-state index contributed by atoms with van der Waals surface area (Å²) < 4.78 is 0. The van der Waals surface area contributed by atoms with Crippen LogP contribution in [0, 0.1) is 0 Å². The molecular weight excluding hydrogens is 220 g/mol. The molecule has 0 aliphatic carbocycles. The van der Waals surface area contributed by atoms with Gasteiger partial charge in [-0.1, -0.05) is 0 Å². The number of likely N-dealkylation sites (N-methyl/N-ethyl adjacent to an activating group) is 1. The first-order valence-electron chi connectivity index (χ1n) is 5.32. The minimum absolute atomic E-state index is 0.0664. The van der Waals surface area contributed by atoms with Gasteiger partial charge in [0.2, 0.25) is 5.91 Å². The zero-order valence-corrected chi connectivity index (χ0v) is 9.93. The zero-order valence-electron chi connectivity index (χ0n) is 9.93. The van der Waals surface area contributed by atoms with Crippen LogP contribution in [0.3, 0.4) is 0 Å². The molecule has 1 amide bonds. The molecule has 0 saturated heterocycles. The van der Waals surface area contributed by atoms with Gasteiger partial charge in [-0.2, -0.15) is 0 Å². The third-order valence-corrected chi connectivity index (χ3v) is 2.39. The summed E-state index contributed by atoms with van der Waals surface area (Å²) in [4.78, 5) is 23.7. The van der Waals surface area contributed by atoms with E-state index in [9.17, 15) is 9.59 Å². The Morgan fingerprint density at radius 1 is 1.29 bits per heavy atom. The summed E-state index contributed by atoms with van der Waals surface area (Å²) in [5, 5.41) is 11.7. The minimum atomic E-state index is -0.971. The Hall–Kier alpha value is -1.88. The summed E-state index contributed by atoms with van der Waals surface area (Å²) in [6.45, 7) is 2.72. The normalized spacial score (nSPS) is 10.0. The number of aromatic carboxylic acids is 1. The van der Waals surface area contributed by atoms with Gasteiger partial charge in [0.1, 0.15) is 0 Å². The number of anilines is 1. The number of carbonyl (C=O) groups is 2. The number of carboxylic acid groups (broad SMARTS) is 1. The molecule has 0 spiro atoms. The number of hydrogen-bond donors (Lipinski definition) is 2. The molecule has 0 fully saturated rings. The maximum absolute atomic E-state index is 11.5. The second-order valence-electron chi connectivity index (χ2n) is 3.63. The third-order valence-electron chi connectivity index (χ3n) is 2.39. The van der Waals surface area contributed by atoms with E-state index >= 15 is 0 Å². The Morgan fingerprint density at radius 2 is 1.88 bits per heavy atom. The fraction of sp³-hybridized carbons (Fsp3) is 0.333. The van der Waals surface area contributed by atoms with Gasteiger partial charge < -0.3 is 15.3 Å². The molecule has 0 radical (unpaired) electrons. The van der Waals surface area contributed by atoms with Gasteiger partial charge in [-0.05, 0) is 31.3 Å². The summed E-state index contributed by atoms with van der Waals surface area (Å²) in [5.74, 6) is -1.04. The highest BCUT2D eigenvalue weighted by molar-refractivity contribution is 5.93. The summed E-state index contributed by atoms with van der Waals surface area (Å²) in [6.07, 6.45) is 0. The largest absolute Gasteiger partial charge is 0.478 e. The molecule has 0 bridgehead atoms. The number of carboxylic acids is 1. The summed E-state index contributed by atoms with van der Waals surface area (Å²) in [7, 11) is 1.81. The number of amides is 1. The van der Waals surface area contributed by atoms with Gasteiger partial charge in [-0.25, -0.2) is 4.79 Å². The zero-order chi connectivity index (χ0) is 12.8. The molecular formula is C12H16N2O3. The predicted molar refractivity (Wildman–Crippen MR) is 65.4 cm³/mol. The van der Waals surface area contributed by atoms with Crippen molar-refractivity contribution in [3.63, 3.8) is 0 Å². The molecule has 0 unspecified atom stereocenters. The Balaban J connectivity index is 2.87. The van der Waals surface area contributed by atoms with Crippen molar-refractivity contribution in [3.05, 3.63) is 29.8 Å². The molecule has 17 heavy (non-hydrogen) atoms. The SMILES string of the molecule is CNCCN(C(C)=O)c1ccc(C(=O)O)cc1. The van der Waals surface area contributed by atoms with E-state index in [0.717, 1.165) is 0 Å². The van der Waals surface area contributed by atoms with E-state index < -0.39 is 5.97 Å². The molecule has 0 heterocycles. The fourth-order valence-electron chi connectivity index (χ4n) is 1.48. The van der Waals surface area contributed by atoms with E-state index in [4.69, 9.17) is 5.11 Å². The van der Waals surface area contributed by atoms with Crippen molar-refractivity contribution in [2.24, 2.45) is 0 Å². The van der Waals surface area contributed by atoms with Crippen LogP contribution in [-0.2, 0) is 4.79 Å². The van der Waals surface area contributed by atoms with Gasteiger partial charge in [0.25, 0.3) is 0 Å². The van der Waals surface area contributed by atoms with E-state index in [0.29, 0.717) is 18.8 Å². The molecule has 1 rings (SSSR count). The van der Waals surface area contributed by atoms with Crippen molar-refractivity contribution in [3.8, 4) is 0 Å². The fourth-order valence-corrected chi connectivity index (χ4v) is 1.48. The lowest BCUT2D eigenvalue weighted by atomic mass is 10.2. The predicted octanol–water partition coefficient (Wildman–Crippen LogP) is 0.957. The topological polar surface area (TPSA) is 69.6 Å². The number of carbonyl (C=O) groups excluding carboxylic acids is 1. The monoisotopic (exact) mass is 236 g/mol. The molecule has 92 valence electrons. The van der Waals surface area contributed by atoms with E-state index in [-0.39, 0.29) is 11.5 Å². The number of nitrogens with zero attached hydrogens (tertiary/aromatic N) is 1. The average Bonchev–Trinajstić information content (AvgIpc) is 2.29. The Labute approximate surface area is 100 Å². The van der Waals surface area contributed by atoms with Crippen molar-refractivity contribution >= 4 is 17.6 Å². The highest BCUT2D eigenvalue weighted by atomic mass is 16.4. The summed E-state index contributed by atoms with van der Waals surface area (Å²) >= 11 is 0. The van der Waals surface area contributed by atoms with Crippen LogP contribution in [0.5, 0.6) is 0 Å². The van der Waals surface area contributed by atoms with Crippen molar-refractivity contribution in [2.75, 3.05) is 25.0 Å². The quantitative estimate of drug-likeness (QED) is 0.798. The molecule has 5 nitrogen and oxygen atoms in total. The lowest BCUT2D eigenvalue weighted by Gasteiger charge is -2.21. The molecule has 2 N–H and O–H groups in total. The van der Waals surface area contributed by atoms with E-state index in [1.165, 1.54) is 19.1 Å². The second kappa shape index (κ2) is 6.00. The number of hydrogen-bond acceptors (Lipinski definition) is 3. The maximum atomic E-state index is 11.5. The van der Waals surface area contributed by atoms with Gasteiger partial charge in [0, 0.05) is 25.7 Å². The molecule has 0 atom stereocenters. The van der Waals surface area contributed by atoms with Crippen molar-refractivity contribution in [2.45, 2.75) is 6.92 Å². The molecule has 1 aromatic carbocycles. The lowest BCUT2D eigenvalue weighted by molar-refractivity contribution is -0.116. The van der Waals surface area contributed by atoms with Gasteiger partial charge in [-0.3, -0.25) is 4.79 Å². The van der Waals surface area contributed by atoms with Crippen molar-refractivity contribution in [1.82, 2.24) is 5.32 Å². The molecule has 0 aliphatic rings. The Morgan fingerprint density at radius 3 is 2.29 bits per heavy atom. The molecule has 5 heteroatoms. The Bertz CT molecular complexity index is 401. The van der Waals surface area contributed by atoms with Crippen molar-refractivity contribution in [1.29, 1.82) is 0 Å². The van der Waals surface area contributed by atoms with E-state index in [1.807, 2.05) is 7.05 Å². The summed E-state index contributed by atoms with van der Waals surface area (Å²) in [6, 6.07) is 6.26. The smallest absolute Gasteiger partial charge is 0.335 e. The Kier molecular flexibility index (Phi) is 4.66. The first-order valence-corrected chi connectivity index (χ1v) is 5.32. The van der Waals surface area contributed by atoms with Gasteiger partial charge >= 0.3 is 5.97 Å². The van der Waals surface area contributed by atoms with Crippen molar-refractivity contribution < 1.29 is 14.7 Å². The van der Waals surface area contributed by atoms with Gasteiger partial charge in [0.05, 0.1) is 5.56 Å². The highest BCUT2D eigenvalue weighted by Gasteiger charge is 2.11. The summed E-state index contributed by atoms with van der Waals surface area (Å²) in [5.41, 5.74) is 0.920. The number of rotatable bonds is 5. The highest BCUT2D eigenvalue weighted by Crippen LogP contribution is 2.15. The molecule has 0 aliphatic heterocycles. The van der Waals surface area contributed by atoms with Crippen LogP contribution in [0.2, 0.25) is 0 Å². The van der Waals surface area contributed by atoms with Crippen LogP contribution >= 0.6 is 0 Å². The maximum Gasteiger partial charge on any atom is 0.335 e. The van der Waals surface area contributed by atoms with Gasteiger partial charge in [0.15, 0.2) is 0 Å². The third kappa shape index (κ3) is 3.57. The van der Waals surface area contributed by atoms with E-state index in [1.54, 1.807) is 17.0 Å². The second-order valence-corrected chi connectivity index (χ2v) is 3.63. The number of benzene rings is 1. The van der Waals surface area contributed by atoms with E-state index in [2.05, 4.69) is 5.32 Å². The van der Waals surface area contributed by atoms with Crippen LogP contribution in [-0.4, -0.2) is 37.1 Å². The average molecular weight is 236 g/mol.